The molecule has 1 nitrogen and oxygen atoms in total. The van der Waals surface area contributed by atoms with Gasteiger partial charge in [0.25, 0.3) is 0 Å². The second-order valence-corrected chi connectivity index (χ2v) is 3.69. The van der Waals surface area contributed by atoms with Crippen LogP contribution in [0.1, 0.15) is 59.3 Å². The predicted octanol–water partition coefficient (Wildman–Crippen LogP) is 3.77. The van der Waals surface area contributed by atoms with Crippen molar-refractivity contribution >= 4 is 0 Å². The zero-order chi connectivity index (χ0) is 9.23. The van der Waals surface area contributed by atoms with Crippen molar-refractivity contribution in [2.75, 3.05) is 6.61 Å². The molecular weight excluding hydrogens is 148 g/mol. The maximum Gasteiger partial charge on any atom is 0.0518 e. The first kappa shape index (κ1) is 12.0. The highest BCUT2D eigenvalue weighted by molar-refractivity contribution is 4.44. The van der Waals surface area contributed by atoms with E-state index < -0.39 is 0 Å². The summed E-state index contributed by atoms with van der Waals surface area (Å²) in [6, 6.07) is 0. The molecule has 0 bridgehead atoms. The normalized spacial score (nSPS) is 11.0. The Bertz CT molecular complexity index is 79.1. The molecule has 0 aliphatic heterocycles. The lowest BCUT2D eigenvalue weighted by Gasteiger charge is -2.06. The standard InChI is InChI=1S/C11H24O/c1-4-5-6-7-8-9-10-12-11(2)3/h11H,4-10H2,1-3H3. The second-order valence-electron chi connectivity index (χ2n) is 3.69. The van der Waals surface area contributed by atoms with E-state index in [-0.39, 0.29) is 0 Å². The van der Waals surface area contributed by atoms with E-state index in [9.17, 15) is 0 Å². The van der Waals surface area contributed by atoms with Crippen LogP contribution in [0.4, 0.5) is 0 Å². The van der Waals surface area contributed by atoms with Crippen molar-refractivity contribution in [1.82, 2.24) is 0 Å². The molecule has 0 N–H and O–H groups in total. The van der Waals surface area contributed by atoms with Crippen molar-refractivity contribution in [1.29, 1.82) is 0 Å². The van der Waals surface area contributed by atoms with Crippen LogP contribution in [0.5, 0.6) is 0 Å². The van der Waals surface area contributed by atoms with Crippen LogP contribution in [0.15, 0.2) is 0 Å². The van der Waals surface area contributed by atoms with Crippen molar-refractivity contribution in [3.05, 3.63) is 0 Å². The molecule has 0 aliphatic carbocycles. The van der Waals surface area contributed by atoms with Gasteiger partial charge in [0.2, 0.25) is 0 Å². The molecular formula is C11H24O. The first-order valence-electron chi connectivity index (χ1n) is 5.39. The van der Waals surface area contributed by atoms with Crippen LogP contribution in [0.25, 0.3) is 0 Å². The lowest BCUT2D eigenvalue weighted by molar-refractivity contribution is 0.0757. The molecule has 0 aromatic heterocycles. The SMILES string of the molecule is CCCCCCCCOC(C)C. The van der Waals surface area contributed by atoms with Crippen molar-refractivity contribution in [3.8, 4) is 0 Å². The number of hydrogen-bond donors (Lipinski definition) is 0. The van der Waals surface area contributed by atoms with Crippen LogP contribution >= 0.6 is 0 Å². The van der Waals surface area contributed by atoms with Crippen LogP contribution in [0.3, 0.4) is 0 Å². The van der Waals surface area contributed by atoms with Gasteiger partial charge in [-0.15, -0.1) is 0 Å². The molecule has 0 saturated carbocycles. The molecule has 0 aromatic rings. The Morgan fingerprint density at radius 1 is 0.917 bits per heavy atom. The molecule has 0 fully saturated rings. The molecule has 0 rings (SSSR count). The molecule has 0 aliphatic rings. The molecule has 0 radical (unpaired) electrons. The third-order valence-corrected chi connectivity index (χ3v) is 1.95. The molecule has 0 aromatic carbocycles. The Balaban J connectivity index is 2.82. The molecule has 0 saturated heterocycles. The molecule has 0 unspecified atom stereocenters. The first-order chi connectivity index (χ1) is 5.77. The molecule has 12 heavy (non-hydrogen) atoms. The van der Waals surface area contributed by atoms with Crippen molar-refractivity contribution < 1.29 is 4.74 Å². The number of ether oxygens (including phenoxy) is 1. The Labute approximate surface area is 77.5 Å². The Morgan fingerprint density at radius 2 is 1.50 bits per heavy atom. The van der Waals surface area contributed by atoms with E-state index in [0.717, 1.165) is 6.61 Å². The quantitative estimate of drug-likeness (QED) is 0.506. The summed E-state index contributed by atoms with van der Waals surface area (Å²) in [6.45, 7) is 7.39. The van der Waals surface area contributed by atoms with Crippen LogP contribution in [0.2, 0.25) is 0 Å². The van der Waals surface area contributed by atoms with Gasteiger partial charge in [0.15, 0.2) is 0 Å². The monoisotopic (exact) mass is 172 g/mol. The molecule has 0 heterocycles. The van der Waals surface area contributed by atoms with Gasteiger partial charge < -0.3 is 4.74 Å². The summed E-state index contributed by atoms with van der Waals surface area (Å²) in [6.07, 6.45) is 8.50. The minimum atomic E-state index is 0.403. The summed E-state index contributed by atoms with van der Waals surface area (Å²) in [5.41, 5.74) is 0. The van der Waals surface area contributed by atoms with E-state index in [1.807, 2.05) is 0 Å². The van der Waals surface area contributed by atoms with Gasteiger partial charge in [-0.1, -0.05) is 39.0 Å². The fourth-order valence-corrected chi connectivity index (χ4v) is 1.20. The zero-order valence-corrected chi connectivity index (χ0v) is 8.94. The number of hydrogen-bond acceptors (Lipinski definition) is 1. The largest absolute Gasteiger partial charge is 0.379 e. The Morgan fingerprint density at radius 3 is 2.08 bits per heavy atom. The zero-order valence-electron chi connectivity index (χ0n) is 8.94. The average molecular weight is 172 g/mol. The van der Waals surface area contributed by atoms with Crippen LogP contribution in [-0.4, -0.2) is 12.7 Å². The van der Waals surface area contributed by atoms with Gasteiger partial charge in [0, 0.05) is 6.61 Å². The second kappa shape index (κ2) is 9.05. The van der Waals surface area contributed by atoms with Crippen LogP contribution < -0.4 is 0 Å². The van der Waals surface area contributed by atoms with E-state index in [1.165, 1.54) is 38.5 Å². The minimum absolute atomic E-state index is 0.403. The lowest BCUT2D eigenvalue weighted by Crippen LogP contribution is -2.03. The van der Waals surface area contributed by atoms with Gasteiger partial charge in [-0.3, -0.25) is 0 Å². The van der Waals surface area contributed by atoms with Gasteiger partial charge in [0.05, 0.1) is 6.10 Å². The van der Waals surface area contributed by atoms with Crippen molar-refractivity contribution in [3.63, 3.8) is 0 Å². The fourth-order valence-electron chi connectivity index (χ4n) is 1.20. The smallest absolute Gasteiger partial charge is 0.0518 e. The van der Waals surface area contributed by atoms with E-state index >= 15 is 0 Å². The summed E-state index contributed by atoms with van der Waals surface area (Å²) < 4.78 is 5.45. The summed E-state index contributed by atoms with van der Waals surface area (Å²) in [5.74, 6) is 0. The van der Waals surface area contributed by atoms with Crippen molar-refractivity contribution in [2.24, 2.45) is 0 Å². The topological polar surface area (TPSA) is 9.23 Å². The lowest BCUT2D eigenvalue weighted by atomic mass is 10.1. The maximum absolute atomic E-state index is 5.45. The van der Waals surface area contributed by atoms with Crippen LogP contribution in [0, 0.1) is 0 Å². The van der Waals surface area contributed by atoms with E-state index in [0.29, 0.717) is 6.10 Å². The fraction of sp³-hybridized carbons (Fsp3) is 1.00. The summed E-state index contributed by atoms with van der Waals surface area (Å²) >= 11 is 0. The van der Waals surface area contributed by atoms with E-state index in [2.05, 4.69) is 20.8 Å². The third kappa shape index (κ3) is 9.96. The average Bonchev–Trinajstić information content (AvgIpc) is 2.02. The van der Waals surface area contributed by atoms with Crippen molar-refractivity contribution in [2.45, 2.75) is 65.4 Å². The maximum atomic E-state index is 5.45. The predicted molar refractivity (Wildman–Crippen MR) is 54.5 cm³/mol. The number of rotatable bonds is 8. The van der Waals surface area contributed by atoms with Gasteiger partial charge in [-0.2, -0.15) is 0 Å². The Hall–Kier alpha value is -0.0400. The third-order valence-electron chi connectivity index (χ3n) is 1.95. The van der Waals surface area contributed by atoms with E-state index in [4.69, 9.17) is 4.74 Å². The van der Waals surface area contributed by atoms with Gasteiger partial charge in [-0.25, -0.2) is 0 Å². The first-order valence-corrected chi connectivity index (χ1v) is 5.39. The Kier molecular flexibility index (Phi) is 9.02. The minimum Gasteiger partial charge on any atom is -0.379 e. The molecule has 0 atom stereocenters. The summed E-state index contributed by atoms with van der Waals surface area (Å²) in [7, 11) is 0. The highest BCUT2D eigenvalue weighted by atomic mass is 16.5. The summed E-state index contributed by atoms with van der Waals surface area (Å²) in [4.78, 5) is 0. The van der Waals surface area contributed by atoms with E-state index in [1.54, 1.807) is 0 Å². The number of unbranched alkanes of at least 4 members (excludes halogenated alkanes) is 5. The highest BCUT2D eigenvalue weighted by Crippen LogP contribution is 2.05. The molecule has 1 heteroatoms. The highest BCUT2D eigenvalue weighted by Gasteiger charge is 1.93. The molecule has 74 valence electrons. The van der Waals surface area contributed by atoms with Gasteiger partial charge >= 0.3 is 0 Å². The van der Waals surface area contributed by atoms with Crippen LogP contribution in [-0.2, 0) is 4.74 Å². The van der Waals surface area contributed by atoms with Gasteiger partial charge in [-0.05, 0) is 20.3 Å². The molecule has 0 amide bonds. The van der Waals surface area contributed by atoms with Gasteiger partial charge in [0.1, 0.15) is 0 Å². The summed E-state index contributed by atoms with van der Waals surface area (Å²) in [5, 5.41) is 0. The molecule has 0 spiro atoms.